The van der Waals surface area contributed by atoms with Crippen LogP contribution in [-0.2, 0) is 4.79 Å². The van der Waals surface area contributed by atoms with Gasteiger partial charge in [0, 0.05) is 17.1 Å². The molecule has 0 bridgehead atoms. The number of halogens is 3. The minimum Gasteiger partial charge on any atom is -0.352 e. The zero-order valence-electron chi connectivity index (χ0n) is 15.1. The molecule has 2 aromatic rings. The van der Waals surface area contributed by atoms with Crippen molar-refractivity contribution >= 4 is 23.6 Å². The number of hydrogen-bond acceptors (Lipinski definition) is 1. The van der Waals surface area contributed by atoms with E-state index >= 15 is 0 Å². The van der Waals surface area contributed by atoms with Crippen molar-refractivity contribution < 1.29 is 13.6 Å². The maximum absolute atomic E-state index is 13.5. The van der Waals surface area contributed by atoms with E-state index in [1.165, 1.54) is 6.07 Å². The topological polar surface area (TPSA) is 29.1 Å². The van der Waals surface area contributed by atoms with Gasteiger partial charge in [-0.05, 0) is 72.4 Å². The number of rotatable bonds is 2. The van der Waals surface area contributed by atoms with Gasteiger partial charge in [-0.3, -0.25) is 4.79 Å². The number of nitrogens with one attached hydrogen (secondary N) is 1. The molecule has 1 fully saturated rings. The summed E-state index contributed by atoms with van der Waals surface area (Å²) in [5, 5.41) is 3.29. The highest BCUT2D eigenvalue weighted by Crippen LogP contribution is 2.32. The Morgan fingerprint density at radius 1 is 1.12 bits per heavy atom. The number of hydrogen-bond donors (Lipinski definition) is 1. The summed E-state index contributed by atoms with van der Waals surface area (Å²) in [5.74, 6) is -1.87. The van der Waals surface area contributed by atoms with Crippen molar-refractivity contribution in [2.45, 2.75) is 33.6 Å². The lowest BCUT2D eigenvalue weighted by Gasteiger charge is -2.16. The van der Waals surface area contributed by atoms with Crippen LogP contribution in [0.4, 0.5) is 8.78 Å². The van der Waals surface area contributed by atoms with Crippen LogP contribution in [0.15, 0.2) is 35.9 Å². The van der Waals surface area contributed by atoms with Gasteiger partial charge in [0.15, 0.2) is 11.6 Å². The molecule has 5 heteroatoms. The molecule has 0 aromatic heterocycles. The van der Waals surface area contributed by atoms with Gasteiger partial charge in [0.25, 0.3) is 0 Å². The summed E-state index contributed by atoms with van der Waals surface area (Å²) in [4.78, 5) is 11.9. The van der Waals surface area contributed by atoms with Gasteiger partial charge in [0.2, 0.25) is 5.91 Å². The van der Waals surface area contributed by atoms with E-state index < -0.39 is 11.6 Å². The van der Waals surface area contributed by atoms with E-state index in [2.05, 4.69) is 5.32 Å². The van der Waals surface area contributed by atoms with Crippen LogP contribution in [0.2, 0.25) is 5.02 Å². The molecule has 26 heavy (non-hydrogen) atoms. The normalized spacial score (nSPS) is 15.3. The predicted octanol–water partition coefficient (Wildman–Crippen LogP) is 5.91. The number of benzene rings is 2. The number of carbonyl (C=O) groups is 1. The Balaban J connectivity index is 0.00000117. The zero-order chi connectivity index (χ0) is 19.3. The maximum Gasteiger partial charge on any atom is 0.247 e. The Morgan fingerprint density at radius 3 is 2.50 bits per heavy atom. The lowest BCUT2D eigenvalue weighted by Crippen LogP contribution is -2.30. The molecular formula is C21H22ClF2NO. The fraction of sp³-hybridized carbons (Fsp3) is 0.286. The molecule has 0 radical (unpaired) electrons. The van der Waals surface area contributed by atoms with Crippen molar-refractivity contribution in [2.24, 2.45) is 0 Å². The van der Waals surface area contributed by atoms with E-state index in [0.29, 0.717) is 34.7 Å². The summed E-state index contributed by atoms with van der Waals surface area (Å²) in [7, 11) is 0. The summed E-state index contributed by atoms with van der Waals surface area (Å²) in [6, 6.07) is 7.25. The van der Waals surface area contributed by atoms with Crippen LogP contribution in [0.3, 0.4) is 0 Å². The molecule has 0 spiro atoms. The Morgan fingerprint density at radius 2 is 1.85 bits per heavy atom. The second-order valence-corrected chi connectivity index (χ2v) is 6.26. The molecule has 0 unspecified atom stereocenters. The van der Waals surface area contributed by atoms with E-state index in [0.717, 1.165) is 29.7 Å². The third-order valence-corrected chi connectivity index (χ3v) is 4.39. The minimum absolute atomic E-state index is 0.0741. The van der Waals surface area contributed by atoms with E-state index in [4.69, 9.17) is 11.6 Å². The van der Waals surface area contributed by atoms with Crippen molar-refractivity contribution in [1.82, 2.24) is 5.32 Å². The summed E-state index contributed by atoms with van der Waals surface area (Å²) in [6.07, 6.45) is 3.42. The summed E-state index contributed by atoms with van der Waals surface area (Å²) >= 11 is 6.20. The highest BCUT2D eigenvalue weighted by molar-refractivity contribution is 6.31. The molecule has 1 aliphatic rings. The van der Waals surface area contributed by atoms with Crippen LogP contribution in [0.5, 0.6) is 0 Å². The summed E-state index contributed by atoms with van der Waals surface area (Å²) in [6.45, 7) is 6.56. The van der Waals surface area contributed by atoms with Gasteiger partial charge in [-0.2, -0.15) is 0 Å². The first kappa shape index (κ1) is 20.1. The van der Waals surface area contributed by atoms with Crippen LogP contribution < -0.4 is 5.32 Å². The van der Waals surface area contributed by atoms with Gasteiger partial charge in [0.1, 0.15) is 0 Å². The largest absolute Gasteiger partial charge is 0.352 e. The molecule has 3 rings (SSSR count). The van der Waals surface area contributed by atoms with Crippen LogP contribution in [0, 0.1) is 18.6 Å². The first-order valence-electron chi connectivity index (χ1n) is 8.70. The number of carbonyl (C=O) groups excluding carboxylic acids is 1. The lowest BCUT2D eigenvalue weighted by atomic mass is 9.94. The van der Waals surface area contributed by atoms with Gasteiger partial charge in [-0.25, -0.2) is 8.78 Å². The summed E-state index contributed by atoms with van der Waals surface area (Å²) in [5.41, 5.74) is 3.61. The lowest BCUT2D eigenvalue weighted by molar-refractivity contribution is -0.118. The quantitative estimate of drug-likeness (QED) is 0.647. The van der Waals surface area contributed by atoms with Gasteiger partial charge >= 0.3 is 0 Å². The smallest absolute Gasteiger partial charge is 0.247 e. The van der Waals surface area contributed by atoms with Crippen molar-refractivity contribution in [3.63, 3.8) is 0 Å². The molecule has 1 N–H and O–H groups in total. The fourth-order valence-corrected chi connectivity index (χ4v) is 3.07. The van der Waals surface area contributed by atoms with E-state index in [1.807, 2.05) is 26.8 Å². The van der Waals surface area contributed by atoms with E-state index in [1.54, 1.807) is 12.1 Å². The highest BCUT2D eigenvalue weighted by Gasteiger charge is 2.16. The van der Waals surface area contributed by atoms with Gasteiger partial charge < -0.3 is 5.32 Å². The third kappa shape index (κ3) is 4.50. The molecule has 2 nitrogen and oxygen atoms in total. The van der Waals surface area contributed by atoms with Crippen LogP contribution in [-0.4, -0.2) is 12.5 Å². The molecule has 1 saturated heterocycles. The molecule has 1 heterocycles. The Hall–Kier alpha value is -2.20. The number of amides is 1. The molecule has 0 atom stereocenters. The molecule has 1 amide bonds. The standard InChI is InChI=1S/C19H16ClF2NO.C2H6/c1-11-14(7-13-3-2-6-23-19(13)24)8-15(20)10-16(11)12-4-5-17(21)18(22)9-12;1-2/h4-5,7-10H,2-3,6H2,1H3,(H,23,24);1-2H3/b13-7+;. The second kappa shape index (κ2) is 8.95. The van der Waals surface area contributed by atoms with E-state index in [9.17, 15) is 13.6 Å². The fourth-order valence-electron chi connectivity index (χ4n) is 2.85. The molecule has 138 valence electrons. The Kier molecular flexibility index (Phi) is 6.92. The first-order chi connectivity index (χ1) is 12.5. The Bertz CT molecular complexity index is 846. The zero-order valence-corrected chi connectivity index (χ0v) is 15.9. The Labute approximate surface area is 157 Å². The molecule has 1 aliphatic heterocycles. The van der Waals surface area contributed by atoms with Gasteiger partial charge in [-0.1, -0.05) is 31.5 Å². The average molecular weight is 378 g/mol. The van der Waals surface area contributed by atoms with Crippen molar-refractivity contribution in [3.05, 3.63) is 63.7 Å². The number of piperidine rings is 1. The van der Waals surface area contributed by atoms with Gasteiger partial charge in [-0.15, -0.1) is 0 Å². The molecule has 2 aromatic carbocycles. The van der Waals surface area contributed by atoms with Crippen LogP contribution in [0.25, 0.3) is 17.2 Å². The second-order valence-electron chi connectivity index (χ2n) is 5.83. The average Bonchev–Trinajstić information content (AvgIpc) is 2.64. The van der Waals surface area contributed by atoms with E-state index in [-0.39, 0.29) is 5.91 Å². The van der Waals surface area contributed by atoms with Crippen molar-refractivity contribution in [2.75, 3.05) is 6.54 Å². The minimum atomic E-state index is -0.904. The third-order valence-electron chi connectivity index (χ3n) is 4.17. The maximum atomic E-state index is 13.5. The first-order valence-corrected chi connectivity index (χ1v) is 9.08. The molecule has 0 saturated carbocycles. The van der Waals surface area contributed by atoms with Crippen LogP contribution in [0.1, 0.15) is 37.8 Å². The van der Waals surface area contributed by atoms with Gasteiger partial charge in [0.05, 0.1) is 0 Å². The highest BCUT2D eigenvalue weighted by atomic mass is 35.5. The van der Waals surface area contributed by atoms with Crippen molar-refractivity contribution in [3.8, 4) is 11.1 Å². The SMILES string of the molecule is CC.Cc1c(/C=C2\CCCNC2=O)cc(Cl)cc1-c1ccc(F)c(F)c1. The van der Waals surface area contributed by atoms with Crippen LogP contribution >= 0.6 is 11.6 Å². The molecular weight excluding hydrogens is 356 g/mol. The summed E-state index contributed by atoms with van der Waals surface area (Å²) < 4.78 is 26.7. The monoisotopic (exact) mass is 377 g/mol. The van der Waals surface area contributed by atoms with Crippen molar-refractivity contribution in [1.29, 1.82) is 0 Å². The molecule has 0 aliphatic carbocycles. The predicted molar refractivity (Wildman–Crippen MR) is 103 cm³/mol.